The van der Waals surface area contributed by atoms with E-state index in [1.54, 1.807) is 0 Å². The topological polar surface area (TPSA) is 12.5 Å². The summed E-state index contributed by atoms with van der Waals surface area (Å²) in [6, 6.07) is 0.714. The highest BCUT2D eigenvalue weighted by Crippen LogP contribution is 2.47. The molecule has 3 heteroatoms. The van der Waals surface area contributed by atoms with Crippen LogP contribution in [0.15, 0.2) is 0 Å². The smallest absolute Gasteiger partial charge is 0.0901 e. The van der Waals surface area contributed by atoms with Crippen LogP contribution in [0.25, 0.3) is 0 Å². The molecule has 0 N–H and O–H groups in total. The molecule has 0 radical (unpaired) electrons. The van der Waals surface area contributed by atoms with Crippen LogP contribution in [-0.4, -0.2) is 22.9 Å². The van der Waals surface area contributed by atoms with E-state index in [1.807, 2.05) is 0 Å². The van der Waals surface area contributed by atoms with Crippen LogP contribution in [0.5, 0.6) is 0 Å². The number of hydrogen-bond acceptors (Lipinski definition) is 2. The largest absolute Gasteiger partial charge is 0.339 e. The van der Waals surface area contributed by atoms with E-state index in [0.717, 1.165) is 0 Å². The lowest BCUT2D eigenvalue weighted by atomic mass is 9.98. The summed E-state index contributed by atoms with van der Waals surface area (Å²) in [4.78, 5) is 0. The van der Waals surface area contributed by atoms with Crippen LogP contribution in [0, 0.1) is 0 Å². The molecule has 0 amide bonds. The van der Waals surface area contributed by atoms with Gasteiger partial charge in [-0.15, -0.1) is 0 Å². The van der Waals surface area contributed by atoms with Gasteiger partial charge in [-0.05, 0) is 26.7 Å². The average Bonchev–Trinajstić information content (AvgIpc) is 2.36. The third kappa shape index (κ3) is 0.903. The Morgan fingerprint density at radius 2 is 2.40 bits per heavy atom. The summed E-state index contributed by atoms with van der Waals surface area (Å²) in [6.07, 6.45) is 2.70. The molecule has 2 saturated heterocycles. The molecule has 2 heterocycles. The lowest BCUT2D eigenvalue weighted by molar-refractivity contribution is 0.114. The van der Waals surface area contributed by atoms with Gasteiger partial charge in [0.05, 0.1) is 14.6 Å². The predicted octanol–water partition coefficient (Wildman–Crippen LogP) is 1.77. The fourth-order valence-electron chi connectivity index (χ4n) is 1.84. The molecule has 2 fully saturated rings. The Morgan fingerprint density at radius 3 is 3.10 bits per heavy atom. The molecule has 2 atom stereocenters. The number of rotatable bonds is 0. The molecular weight excluding hydrogens is 145 g/mol. The molecular formula is C7H14NOP. The van der Waals surface area contributed by atoms with Gasteiger partial charge < -0.3 is 4.52 Å². The van der Waals surface area contributed by atoms with E-state index in [4.69, 9.17) is 4.52 Å². The quantitative estimate of drug-likeness (QED) is 0.499. The minimum absolute atomic E-state index is 0.134. The normalized spacial score (nSPS) is 40.8. The molecule has 2 aliphatic rings. The van der Waals surface area contributed by atoms with E-state index in [1.165, 1.54) is 19.4 Å². The fraction of sp³-hybridized carbons (Fsp3) is 1.00. The minimum Gasteiger partial charge on any atom is -0.339 e. The molecule has 2 nitrogen and oxygen atoms in total. The van der Waals surface area contributed by atoms with Gasteiger partial charge in [0, 0.05) is 12.6 Å². The van der Waals surface area contributed by atoms with Gasteiger partial charge in [0.15, 0.2) is 0 Å². The van der Waals surface area contributed by atoms with Gasteiger partial charge in [-0.3, -0.25) is 4.67 Å². The van der Waals surface area contributed by atoms with Crippen molar-refractivity contribution in [1.82, 2.24) is 4.67 Å². The molecule has 2 rings (SSSR count). The van der Waals surface area contributed by atoms with Crippen molar-refractivity contribution in [3.63, 3.8) is 0 Å². The summed E-state index contributed by atoms with van der Waals surface area (Å²) >= 11 is 0. The van der Waals surface area contributed by atoms with Gasteiger partial charge in [0.1, 0.15) is 0 Å². The molecule has 0 spiro atoms. The average molecular weight is 159 g/mol. The van der Waals surface area contributed by atoms with Crippen molar-refractivity contribution in [3.8, 4) is 0 Å². The molecule has 58 valence electrons. The van der Waals surface area contributed by atoms with Crippen molar-refractivity contribution < 1.29 is 4.52 Å². The van der Waals surface area contributed by atoms with Crippen molar-refractivity contribution >= 4 is 8.96 Å². The number of hydrogen-bond donors (Lipinski definition) is 0. The van der Waals surface area contributed by atoms with Gasteiger partial charge in [-0.1, -0.05) is 0 Å². The summed E-state index contributed by atoms with van der Waals surface area (Å²) in [7, 11) is 0.627. The maximum Gasteiger partial charge on any atom is 0.0901 e. The summed E-state index contributed by atoms with van der Waals surface area (Å²) < 4.78 is 8.13. The number of fused-ring (bicyclic) bond motifs is 1. The summed E-state index contributed by atoms with van der Waals surface area (Å²) in [5.41, 5.74) is 0.134. The Morgan fingerprint density at radius 1 is 1.60 bits per heavy atom. The van der Waals surface area contributed by atoms with E-state index in [0.29, 0.717) is 15.0 Å². The van der Waals surface area contributed by atoms with E-state index >= 15 is 0 Å². The second-order valence-corrected chi connectivity index (χ2v) is 4.61. The van der Waals surface area contributed by atoms with Gasteiger partial charge >= 0.3 is 0 Å². The lowest BCUT2D eigenvalue weighted by Crippen LogP contribution is -2.35. The highest BCUT2D eigenvalue weighted by atomic mass is 31.1. The third-order valence-electron chi connectivity index (χ3n) is 2.48. The van der Waals surface area contributed by atoms with Crippen LogP contribution < -0.4 is 0 Å². The summed E-state index contributed by atoms with van der Waals surface area (Å²) in [5.74, 6) is 0. The van der Waals surface area contributed by atoms with E-state index in [9.17, 15) is 0 Å². The highest BCUT2D eigenvalue weighted by Gasteiger charge is 2.44. The zero-order valence-corrected chi connectivity index (χ0v) is 7.55. The highest BCUT2D eigenvalue weighted by molar-refractivity contribution is 7.29. The maximum absolute atomic E-state index is 5.66. The van der Waals surface area contributed by atoms with E-state index in [2.05, 4.69) is 18.5 Å². The van der Waals surface area contributed by atoms with Crippen LogP contribution in [0.4, 0.5) is 0 Å². The summed E-state index contributed by atoms with van der Waals surface area (Å²) in [6.45, 7) is 5.67. The van der Waals surface area contributed by atoms with E-state index in [-0.39, 0.29) is 5.60 Å². The molecule has 0 aliphatic carbocycles. The zero-order valence-electron chi connectivity index (χ0n) is 6.55. The number of nitrogens with zero attached hydrogens (tertiary/aromatic N) is 1. The second-order valence-electron chi connectivity index (χ2n) is 3.65. The lowest BCUT2D eigenvalue weighted by Gasteiger charge is -2.23. The summed E-state index contributed by atoms with van der Waals surface area (Å²) in [5, 5.41) is 0. The molecule has 0 aromatic heterocycles. The van der Waals surface area contributed by atoms with Crippen molar-refractivity contribution in [3.05, 3.63) is 0 Å². The Bertz CT molecular complexity index is 149. The monoisotopic (exact) mass is 159 g/mol. The van der Waals surface area contributed by atoms with Gasteiger partial charge in [-0.25, -0.2) is 0 Å². The van der Waals surface area contributed by atoms with Gasteiger partial charge in [0.2, 0.25) is 0 Å². The van der Waals surface area contributed by atoms with Gasteiger partial charge in [-0.2, -0.15) is 0 Å². The Kier molecular flexibility index (Phi) is 1.52. The molecule has 0 aromatic carbocycles. The Hall–Kier alpha value is 0.350. The van der Waals surface area contributed by atoms with Crippen molar-refractivity contribution in [1.29, 1.82) is 0 Å². The van der Waals surface area contributed by atoms with Crippen molar-refractivity contribution in [2.24, 2.45) is 0 Å². The van der Waals surface area contributed by atoms with Crippen LogP contribution in [0.1, 0.15) is 26.7 Å². The molecule has 0 aromatic rings. The van der Waals surface area contributed by atoms with Crippen LogP contribution in [-0.2, 0) is 4.52 Å². The van der Waals surface area contributed by atoms with Crippen LogP contribution in [0.3, 0.4) is 0 Å². The van der Waals surface area contributed by atoms with Crippen LogP contribution >= 0.6 is 8.96 Å². The SMILES string of the molecule is CC1(C)OPN2CCC[C@@H]21. The molecule has 1 unspecified atom stereocenters. The fourth-order valence-corrected chi connectivity index (χ4v) is 3.15. The molecule has 10 heavy (non-hydrogen) atoms. The van der Waals surface area contributed by atoms with Crippen molar-refractivity contribution in [2.75, 3.05) is 6.54 Å². The first-order chi connectivity index (χ1) is 4.70. The maximum atomic E-state index is 5.66. The first-order valence-corrected chi connectivity index (χ1v) is 4.76. The molecule has 0 bridgehead atoms. The molecule has 2 aliphatic heterocycles. The minimum atomic E-state index is 0.134. The first kappa shape index (κ1) is 7.02. The Balaban J connectivity index is 2.16. The third-order valence-corrected chi connectivity index (χ3v) is 3.87. The predicted molar refractivity (Wildman–Crippen MR) is 43.2 cm³/mol. The second kappa shape index (κ2) is 2.17. The van der Waals surface area contributed by atoms with Crippen molar-refractivity contribution in [2.45, 2.75) is 38.3 Å². The van der Waals surface area contributed by atoms with Gasteiger partial charge in [0.25, 0.3) is 0 Å². The Labute approximate surface area is 63.8 Å². The molecule has 0 saturated carbocycles. The zero-order chi connectivity index (χ0) is 7.19. The standard InChI is InChI=1S/C7H14NOP/c1-7(2)6-4-3-5-8(6)10-9-7/h6,10H,3-5H2,1-2H3/t6-/m1/s1. The van der Waals surface area contributed by atoms with Crippen LogP contribution in [0.2, 0.25) is 0 Å². The van der Waals surface area contributed by atoms with E-state index < -0.39 is 0 Å². The first-order valence-electron chi connectivity index (χ1n) is 3.90.